The molecule has 4 N–H and O–H groups in total. The lowest BCUT2D eigenvalue weighted by Crippen LogP contribution is -2.45. The Bertz CT molecular complexity index is 1500. The number of ether oxygens (including phenoxy) is 2. The standard InChI is InChI=1S/C28H32N4O4.C7H14N2O/c1-4-21-11-9-12-22(16-21)32-28-23-17-26(25(35-3)18-24(23)30-19-31-28)36-15-14-29-27(34)13-8-6-5-7-10-20(2)33;1-9-5-3-2-4-6(9)7(8)10/h1,9,11-12,16-19H,5-8,10,13-15H2,2-3H3,(H,29,34)(H,30,31,32);6H,2-5H2,1H3,(H2,8,10). The van der Waals surface area contributed by atoms with Gasteiger partial charge < -0.3 is 30.6 Å². The highest BCUT2D eigenvalue weighted by atomic mass is 16.5. The van der Waals surface area contributed by atoms with Gasteiger partial charge >= 0.3 is 0 Å². The van der Waals surface area contributed by atoms with Crippen molar-refractivity contribution in [3.63, 3.8) is 0 Å². The van der Waals surface area contributed by atoms with Gasteiger partial charge in [-0.25, -0.2) is 9.97 Å². The largest absolute Gasteiger partial charge is 0.493 e. The van der Waals surface area contributed by atoms with Crippen LogP contribution < -0.4 is 25.8 Å². The molecule has 0 radical (unpaired) electrons. The number of primary amides is 1. The minimum Gasteiger partial charge on any atom is -0.493 e. The van der Waals surface area contributed by atoms with E-state index < -0.39 is 0 Å². The topological polar surface area (TPSA) is 149 Å². The second kappa shape index (κ2) is 19.0. The number of nitrogens with one attached hydrogen (secondary N) is 2. The van der Waals surface area contributed by atoms with Crippen molar-refractivity contribution in [2.24, 2.45) is 5.73 Å². The van der Waals surface area contributed by atoms with E-state index in [9.17, 15) is 14.4 Å². The zero-order valence-electron chi connectivity index (χ0n) is 27.1. The number of hydrogen-bond acceptors (Lipinski definition) is 9. The smallest absolute Gasteiger partial charge is 0.234 e. The predicted octanol–water partition coefficient (Wildman–Crippen LogP) is 4.74. The number of amides is 2. The number of unbranched alkanes of at least 4 members (excludes halogenated alkanes) is 3. The molecule has 0 bridgehead atoms. The molecule has 11 nitrogen and oxygen atoms in total. The number of anilines is 2. The molecule has 1 aliphatic rings. The number of carbonyl (C=O) groups excluding carboxylic acids is 3. The van der Waals surface area contributed by atoms with E-state index >= 15 is 0 Å². The molecule has 0 spiro atoms. The minimum absolute atomic E-state index is 0.00579. The molecule has 1 atom stereocenters. The van der Waals surface area contributed by atoms with E-state index in [0.29, 0.717) is 42.2 Å². The van der Waals surface area contributed by atoms with E-state index in [0.717, 1.165) is 61.7 Å². The summed E-state index contributed by atoms with van der Waals surface area (Å²) in [6, 6.07) is 11.1. The first kappa shape index (κ1) is 35.8. The molecule has 3 aromatic rings. The maximum Gasteiger partial charge on any atom is 0.234 e. The Morgan fingerprint density at radius 3 is 2.52 bits per heavy atom. The van der Waals surface area contributed by atoms with Gasteiger partial charge in [-0.2, -0.15) is 0 Å². The molecule has 246 valence electrons. The number of hydrogen-bond donors (Lipinski definition) is 3. The number of aromatic nitrogens is 2. The first-order chi connectivity index (χ1) is 22.2. The number of likely N-dealkylation sites (N-methyl/N-ethyl adjacent to an activating group) is 1. The number of fused-ring (bicyclic) bond motifs is 1. The van der Waals surface area contributed by atoms with Crippen molar-refractivity contribution in [1.29, 1.82) is 0 Å². The second-order valence-electron chi connectivity index (χ2n) is 11.3. The van der Waals surface area contributed by atoms with Crippen LogP contribution in [0, 0.1) is 12.3 Å². The van der Waals surface area contributed by atoms with Crippen molar-refractivity contribution in [3.05, 3.63) is 48.3 Å². The molecule has 1 fully saturated rings. The quantitative estimate of drug-likeness (QED) is 0.160. The van der Waals surface area contributed by atoms with Gasteiger partial charge in [0.1, 0.15) is 24.5 Å². The third kappa shape index (κ3) is 11.7. The molecule has 46 heavy (non-hydrogen) atoms. The van der Waals surface area contributed by atoms with Crippen LogP contribution in [-0.2, 0) is 14.4 Å². The molecule has 11 heteroatoms. The van der Waals surface area contributed by atoms with Crippen LogP contribution in [0.1, 0.15) is 70.3 Å². The molecule has 2 amide bonds. The number of likely N-dealkylation sites (tertiary alicyclic amines) is 1. The number of ketones is 1. The maximum atomic E-state index is 12.1. The van der Waals surface area contributed by atoms with Gasteiger partial charge in [0.25, 0.3) is 0 Å². The highest BCUT2D eigenvalue weighted by molar-refractivity contribution is 5.93. The molecular weight excluding hydrogens is 584 g/mol. The summed E-state index contributed by atoms with van der Waals surface area (Å²) in [6.45, 7) is 3.27. The van der Waals surface area contributed by atoms with Crippen LogP contribution in [0.25, 0.3) is 10.9 Å². The van der Waals surface area contributed by atoms with Gasteiger partial charge in [-0.05, 0) is 70.5 Å². The van der Waals surface area contributed by atoms with Crippen molar-refractivity contribution in [2.75, 3.05) is 39.2 Å². The van der Waals surface area contributed by atoms with Crippen molar-refractivity contribution >= 4 is 40.0 Å². The van der Waals surface area contributed by atoms with Crippen LogP contribution in [0.4, 0.5) is 11.5 Å². The fourth-order valence-electron chi connectivity index (χ4n) is 5.15. The number of nitrogens with zero attached hydrogens (tertiary/aromatic N) is 3. The summed E-state index contributed by atoms with van der Waals surface area (Å²) in [7, 11) is 3.52. The van der Waals surface area contributed by atoms with E-state index in [1.165, 1.54) is 12.7 Å². The summed E-state index contributed by atoms with van der Waals surface area (Å²) in [4.78, 5) is 44.5. The Hall–Kier alpha value is -4.69. The average molecular weight is 631 g/mol. The summed E-state index contributed by atoms with van der Waals surface area (Å²) >= 11 is 0. The van der Waals surface area contributed by atoms with Crippen molar-refractivity contribution in [2.45, 2.75) is 70.8 Å². The van der Waals surface area contributed by atoms with Gasteiger partial charge in [0.05, 0.1) is 25.2 Å². The molecule has 1 aromatic heterocycles. The molecule has 1 aliphatic heterocycles. The maximum absolute atomic E-state index is 12.1. The highest BCUT2D eigenvalue weighted by Gasteiger charge is 2.23. The molecule has 4 rings (SSSR count). The third-order valence-electron chi connectivity index (χ3n) is 7.68. The van der Waals surface area contributed by atoms with Gasteiger partial charge in [-0.15, -0.1) is 6.42 Å². The van der Waals surface area contributed by atoms with Crippen molar-refractivity contribution in [1.82, 2.24) is 20.2 Å². The van der Waals surface area contributed by atoms with E-state index in [1.54, 1.807) is 20.1 Å². The van der Waals surface area contributed by atoms with Crippen LogP contribution in [0.15, 0.2) is 42.7 Å². The number of methoxy groups -OCH3 is 1. The number of terminal acetylenes is 1. The van der Waals surface area contributed by atoms with Crippen molar-refractivity contribution in [3.8, 4) is 23.8 Å². The number of nitrogens with two attached hydrogens (primary N) is 1. The Kier molecular flexibility index (Phi) is 14.8. The van der Waals surface area contributed by atoms with Crippen molar-refractivity contribution < 1.29 is 23.9 Å². The van der Waals surface area contributed by atoms with Crippen LogP contribution in [0.2, 0.25) is 0 Å². The Morgan fingerprint density at radius 2 is 1.85 bits per heavy atom. The molecule has 0 aliphatic carbocycles. The number of rotatable bonds is 15. The van der Waals surface area contributed by atoms with Gasteiger partial charge in [-0.3, -0.25) is 14.5 Å². The van der Waals surface area contributed by atoms with Crippen LogP contribution in [0.5, 0.6) is 11.5 Å². The molecule has 2 aromatic carbocycles. The summed E-state index contributed by atoms with van der Waals surface area (Å²) in [5.74, 6) is 4.33. The Balaban J connectivity index is 0.000000489. The van der Waals surface area contributed by atoms with E-state index in [2.05, 4.69) is 26.5 Å². The molecule has 2 heterocycles. The van der Waals surface area contributed by atoms with Gasteiger partial charge in [0.2, 0.25) is 11.8 Å². The molecule has 0 saturated carbocycles. The number of piperidine rings is 1. The number of benzene rings is 2. The summed E-state index contributed by atoms with van der Waals surface area (Å²) in [5.41, 5.74) is 7.45. The van der Waals surface area contributed by atoms with Crippen LogP contribution >= 0.6 is 0 Å². The van der Waals surface area contributed by atoms with E-state index in [4.69, 9.17) is 21.6 Å². The zero-order valence-corrected chi connectivity index (χ0v) is 27.1. The van der Waals surface area contributed by atoms with Crippen LogP contribution in [-0.4, -0.2) is 72.4 Å². The second-order valence-corrected chi connectivity index (χ2v) is 11.3. The van der Waals surface area contributed by atoms with Gasteiger partial charge in [-0.1, -0.05) is 31.2 Å². The molecular formula is C35H46N6O5. The summed E-state index contributed by atoms with van der Waals surface area (Å²) in [5, 5.41) is 6.93. The zero-order chi connectivity index (χ0) is 33.3. The van der Waals surface area contributed by atoms with E-state index in [-0.39, 0.29) is 30.2 Å². The lowest BCUT2D eigenvalue weighted by Gasteiger charge is -2.29. The fourth-order valence-corrected chi connectivity index (χ4v) is 5.15. The first-order valence-electron chi connectivity index (χ1n) is 15.8. The normalized spacial score (nSPS) is 14.3. The van der Waals surface area contributed by atoms with E-state index in [1.807, 2.05) is 42.3 Å². The number of carbonyl (C=O) groups is 3. The predicted molar refractivity (Wildman–Crippen MR) is 180 cm³/mol. The van der Waals surface area contributed by atoms with Gasteiger partial charge in [0.15, 0.2) is 11.5 Å². The lowest BCUT2D eigenvalue weighted by molar-refractivity contribution is -0.124. The highest BCUT2D eigenvalue weighted by Crippen LogP contribution is 2.34. The summed E-state index contributed by atoms with van der Waals surface area (Å²) < 4.78 is 11.4. The molecule has 1 saturated heterocycles. The van der Waals surface area contributed by atoms with Crippen LogP contribution in [0.3, 0.4) is 0 Å². The average Bonchev–Trinajstić information content (AvgIpc) is 3.05. The van der Waals surface area contributed by atoms with Gasteiger partial charge in [0, 0.05) is 35.5 Å². The fraction of sp³-hybridized carbons (Fsp3) is 0.457. The molecule has 1 unspecified atom stereocenters. The third-order valence-corrected chi connectivity index (χ3v) is 7.68. The Morgan fingerprint density at radius 1 is 1.07 bits per heavy atom. The minimum atomic E-state index is -0.179. The Labute approximate surface area is 271 Å². The SMILES string of the molecule is C#Cc1cccc(Nc2ncnc3cc(OC)c(OCCNC(=O)CCCCCCC(C)=O)cc23)c1.CN1CCCCC1C(N)=O. The lowest BCUT2D eigenvalue weighted by atomic mass is 10.0. The first-order valence-corrected chi connectivity index (χ1v) is 15.8. The number of Topliss-reactive ketones (excluding diaryl/α,β-unsaturated/α-hetero) is 1. The monoisotopic (exact) mass is 630 g/mol. The summed E-state index contributed by atoms with van der Waals surface area (Å²) in [6.07, 6.45) is 14.9.